The second-order valence-corrected chi connectivity index (χ2v) is 8.47. The Hall–Kier alpha value is -2.99. The van der Waals surface area contributed by atoms with Crippen LogP contribution in [0.1, 0.15) is 22.8 Å². The van der Waals surface area contributed by atoms with E-state index in [1.807, 2.05) is 17.7 Å². The number of rotatable bonds is 9. The van der Waals surface area contributed by atoms with E-state index in [4.69, 9.17) is 10.5 Å². The Morgan fingerprint density at radius 3 is 2.90 bits per heavy atom. The third-order valence-corrected chi connectivity index (χ3v) is 5.45. The van der Waals surface area contributed by atoms with Gasteiger partial charge in [-0.1, -0.05) is 28.9 Å². The van der Waals surface area contributed by atoms with Gasteiger partial charge in [-0.25, -0.2) is 14.2 Å². The molecule has 0 saturated heterocycles. The van der Waals surface area contributed by atoms with Crippen LogP contribution in [0.25, 0.3) is 0 Å². The summed E-state index contributed by atoms with van der Waals surface area (Å²) >= 11 is 4.03. The number of carbonyl (C=O) groups excluding carboxylic acids is 2. The van der Waals surface area contributed by atoms with E-state index in [0.29, 0.717) is 17.6 Å². The van der Waals surface area contributed by atoms with Crippen molar-refractivity contribution < 1.29 is 18.7 Å². The van der Waals surface area contributed by atoms with Crippen LogP contribution in [0.4, 0.5) is 14.2 Å². The van der Waals surface area contributed by atoms with Crippen molar-refractivity contribution in [3.05, 3.63) is 58.3 Å². The Labute approximate surface area is 190 Å². The van der Waals surface area contributed by atoms with Crippen LogP contribution in [0, 0.1) is 11.7 Å². The summed E-state index contributed by atoms with van der Waals surface area (Å²) in [4.78, 5) is 28.1. The molecule has 12 heteroatoms. The second-order valence-electron chi connectivity index (χ2n) is 6.78. The minimum Gasteiger partial charge on any atom is -0.471 e. The van der Waals surface area contributed by atoms with Gasteiger partial charge in [0.2, 0.25) is 5.88 Å². The molecule has 1 atom stereocenters. The lowest BCUT2D eigenvalue weighted by Crippen LogP contribution is -2.33. The largest absolute Gasteiger partial charge is 0.471 e. The van der Waals surface area contributed by atoms with E-state index < -0.39 is 17.8 Å². The predicted molar refractivity (Wildman–Crippen MR) is 117 cm³/mol. The third kappa shape index (κ3) is 6.25. The number of nitrogens with one attached hydrogen (secondary N) is 2. The molecule has 0 spiro atoms. The lowest BCUT2D eigenvalue weighted by Gasteiger charge is -2.13. The van der Waals surface area contributed by atoms with Crippen LogP contribution in [-0.2, 0) is 13.2 Å². The summed E-state index contributed by atoms with van der Waals surface area (Å²) in [6, 6.07) is 4.02. The van der Waals surface area contributed by atoms with E-state index in [1.54, 1.807) is 24.7 Å². The molecule has 2 heterocycles. The average molecular weight is 511 g/mol. The molecular weight excluding hydrogens is 491 g/mol. The third-order valence-electron chi connectivity index (χ3n) is 4.21. The van der Waals surface area contributed by atoms with Crippen molar-refractivity contribution in [3.8, 4) is 5.88 Å². The monoisotopic (exact) mass is 510 g/mol. The molecular formula is C19H20BrFN6O3S. The van der Waals surface area contributed by atoms with Gasteiger partial charge in [0.25, 0.3) is 5.91 Å². The van der Waals surface area contributed by atoms with Crippen LogP contribution in [0.3, 0.4) is 0 Å². The minimum atomic E-state index is -0.816. The quantitative estimate of drug-likeness (QED) is 0.407. The minimum absolute atomic E-state index is 0.0656. The average Bonchev–Trinajstić information content (AvgIpc) is 3.35. The molecule has 2 aromatic heterocycles. The van der Waals surface area contributed by atoms with Crippen molar-refractivity contribution >= 4 is 44.4 Å². The maximum Gasteiger partial charge on any atom is 0.319 e. The van der Waals surface area contributed by atoms with Gasteiger partial charge in [-0.2, -0.15) is 4.37 Å². The molecule has 0 bridgehead atoms. The van der Waals surface area contributed by atoms with Crippen LogP contribution in [0.5, 0.6) is 5.88 Å². The number of amides is 3. The first-order chi connectivity index (χ1) is 14.8. The van der Waals surface area contributed by atoms with Crippen molar-refractivity contribution in [1.82, 2.24) is 19.2 Å². The second kappa shape index (κ2) is 10.4. The standard InChI is InChI=1S/C19H20BrFN6O3S/c1-11(8-27-5-4-23-10-27)7-24-19(29)25-18-15(16(22)28)17(26-31-18)30-9-12-2-3-13(20)6-14(12)21/h2-6,10-11H,7-9H2,1H3,(H2,22,28)(H2,24,25,29). The highest BCUT2D eigenvalue weighted by Crippen LogP contribution is 2.31. The molecule has 3 amide bonds. The van der Waals surface area contributed by atoms with E-state index in [1.165, 1.54) is 6.07 Å². The molecule has 9 nitrogen and oxygen atoms in total. The molecule has 3 aromatic rings. The molecule has 0 aliphatic rings. The first-order valence-electron chi connectivity index (χ1n) is 9.20. The number of urea groups is 1. The fourth-order valence-corrected chi connectivity index (χ4v) is 3.76. The van der Waals surface area contributed by atoms with E-state index in [-0.39, 0.29) is 34.5 Å². The molecule has 1 unspecified atom stereocenters. The van der Waals surface area contributed by atoms with Crippen LogP contribution >= 0.6 is 27.5 Å². The Morgan fingerprint density at radius 2 is 2.23 bits per heavy atom. The molecule has 0 aliphatic heterocycles. The number of nitrogens with zero attached hydrogens (tertiary/aromatic N) is 3. The molecule has 1 aromatic carbocycles. The van der Waals surface area contributed by atoms with Gasteiger partial charge in [-0.3, -0.25) is 10.1 Å². The van der Waals surface area contributed by atoms with Crippen LogP contribution in [-0.4, -0.2) is 32.4 Å². The van der Waals surface area contributed by atoms with Gasteiger partial charge in [0.05, 0.1) is 6.33 Å². The normalized spacial score (nSPS) is 11.7. The van der Waals surface area contributed by atoms with E-state index in [0.717, 1.165) is 11.5 Å². The molecule has 0 fully saturated rings. The van der Waals surface area contributed by atoms with Gasteiger partial charge >= 0.3 is 6.03 Å². The van der Waals surface area contributed by atoms with Gasteiger partial charge in [0.1, 0.15) is 23.0 Å². The summed E-state index contributed by atoms with van der Waals surface area (Å²) in [6.45, 7) is 2.93. The number of aromatic nitrogens is 3. The fourth-order valence-electron chi connectivity index (χ4n) is 2.69. The smallest absolute Gasteiger partial charge is 0.319 e. The SMILES string of the molecule is CC(CNC(=O)Nc1snc(OCc2ccc(Br)cc2F)c1C(N)=O)Cn1ccnc1. The lowest BCUT2D eigenvalue weighted by molar-refractivity contribution is 0.0996. The Balaban J connectivity index is 1.59. The number of carbonyl (C=O) groups is 2. The molecule has 0 saturated carbocycles. The van der Waals surface area contributed by atoms with Crippen molar-refractivity contribution in [2.45, 2.75) is 20.1 Å². The van der Waals surface area contributed by atoms with Gasteiger partial charge in [-0.15, -0.1) is 0 Å². The zero-order chi connectivity index (χ0) is 22.4. The molecule has 4 N–H and O–H groups in total. The van der Waals surface area contributed by atoms with Gasteiger partial charge in [0.15, 0.2) is 0 Å². The van der Waals surface area contributed by atoms with E-state index >= 15 is 0 Å². The van der Waals surface area contributed by atoms with Crippen LogP contribution < -0.4 is 21.1 Å². The maximum absolute atomic E-state index is 14.0. The van der Waals surface area contributed by atoms with Crippen molar-refractivity contribution in [3.63, 3.8) is 0 Å². The highest BCUT2D eigenvalue weighted by Gasteiger charge is 2.22. The molecule has 0 aliphatic carbocycles. The summed E-state index contributed by atoms with van der Waals surface area (Å²) in [7, 11) is 0. The predicted octanol–water partition coefficient (Wildman–Crippen LogP) is 3.38. The number of primary amides is 1. The zero-order valence-electron chi connectivity index (χ0n) is 16.5. The number of nitrogens with two attached hydrogens (primary N) is 1. The van der Waals surface area contributed by atoms with E-state index in [2.05, 4.69) is 35.9 Å². The summed E-state index contributed by atoms with van der Waals surface area (Å²) < 4.78 is 26.0. The first kappa shape index (κ1) is 22.7. The topological polar surface area (TPSA) is 124 Å². The summed E-state index contributed by atoms with van der Waals surface area (Å²) in [5.41, 5.74) is 5.66. The number of anilines is 1. The van der Waals surface area contributed by atoms with Gasteiger partial charge in [0, 0.05) is 35.5 Å². The van der Waals surface area contributed by atoms with Gasteiger partial charge < -0.3 is 20.4 Å². The van der Waals surface area contributed by atoms with Crippen molar-refractivity contribution in [2.75, 3.05) is 11.9 Å². The Morgan fingerprint density at radius 1 is 1.42 bits per heavy atom. The number of benzene rings is 1. The Kier molecular flexibility index (Phi) is 7.58. The van der Waals surface area contributed by atoms with E-state index in [9.17, 15) is 14.0 Å². The highest BCUT2D eigenvalue weighted by molar-refractivity contribution is 9.10. The lowest BCUT2D eigenvalue weighted by atomic mass is 10.2. The molecule has 164 valence electrons. The summed E-state index contributed by atoms with van der Waals surface area (Å²) in [5, 5.41) is 5.46. The Bertz CT molecular complexity index is 1060. The molecule has 3 rings (SSSR count). The van der Waals surface area contributed by atoms with Crippen LogP contribution in [0.15, 0.2) is 41.4 Å². The van der Waals surface area contributed by atoms with Gasteiger partial charge in [-0.05, 0) is 29.6 Å². The fraction of sp³-hybridized carbons (Fsp3) is 0.263. The molecule has 0 radical (unpaired) electrons. The van der Waals surface area contributed by atoms with Crippen molar-refractivity contribution in [1.29, 1.82) is 0 Å². The summed E-state index contributed by atoms with van der Waals surface area (Å²) in [5.74, 6) is -1.20. The van der Waals surface area contributed by atoms with Crippen LogP contribution in [0.2, 0.25) is 0 Å². The van der Waals surface area contributed by atoms with Crippen molar-refractivity contribution in [2.24, 2.45) is 11.7 Å². The number of hydrogen-bond donors (Lipinski definition) is 3. The number of halogens is 2. The highest BCUT2D eigenvalue weighted by atomic mass is 79.9. The number of imidazole rings is 1. The maximum atomic E-state index is 14.0. The number of hydrogen-bond acceptors (Lipinski definition) is 6. The zero-order valence-corrected chi connectivity index (χ0v) is 18.9. The molecule has 31 heavy (non-hydrogen) atoms. The number of ether oxygens (including phenoxy) is 1. The summed E-state index contributed by atoms with van der Waals surface area (Å²) in [6.07, 6.45) is 5.23. The first-order valence-corrected chi connectivity index (χ1v) is 10.8.